The highest BCUT2D eigenvalue weighted by Crippen LogP contribution is 2.18. The molecule has 1 saturated heterocycles. The first-order valence-corrected chi connectivity index (χ1v) is 12.9. The number of benzene rings is 1. The number of ether oxygens (including phenoxy) is 2. The molecule has 39 heavy (non-hydrogen) atoms. The largest absolute Gasteiger partial charge is 0.477 e. The average Bonchev–Trinajstić information content (AvgIpc) is 3.40. The first kappa shape index (κ1) is 29.5. The van der Waals surface area contributed by atoms with Gasteiger partial charge in [0.05, 0.1) is 31.3 Å². The molecule has 0 amide bonds. The number of rotatable bonds is 15. The van der Waals surface area contributed by atoms with Crippen molar-refractivity contribution in [2.75, 3.05) is 39.5 Å². The van der Waals surface area contributed by atoms with E-state index in [1.165, 1.54) is 0 Å². The highest BCUT2D eigenvalue weighted by molar-refractivity contribution is 5.92. The van der Waals surface area contributed by atoms with Crippen molar-refractivity contribution in [1.82, 2.24) is 26.1 Å². The summed E-state index contributed by atoms with van der Waals surface area (Å²) in [5, 5.41) is 10.4. The third-order valence-electron chi connectivity index (χ3n) is 5.81. The molecule has 1 aromatic heterocycles. The molecule has 0 unspecified atom stereocenters. The zero-order chi connectivity index (χ0) is 28.0. The fourth-order valence-corrected chi connectivity index (χ4v) is 3.67. The van der Waals surface area contributed by atoms with Crippen molar-refractivity contribution in [2.45, 2.75) is 20.4 Å². The quantitative estimate of drug-likeness (QED) is 0.0574. The third-order valence-corrected chi connectivity index (χ3v) is 5.81. The molecule has 0 radical (unpaired) electrons. The van der Waals surface area contributed by atoms with Gasteiger partial charge in [-0.15, -0.1) is 0 Å². The second-order valence-electron chi connectivity index (χ2n) is 9.24. The standard InChI is InChI=1S/C28H40N8O3/c1-20(2)25(34-30)16-21(3)32-27(29)18-28(38-15-12-36-10-13-37-14-11-36)33-22(4)31-19-24-17-26(35-39-24)23-8-6-5-7-9-23/h5-9,16-18,20,31,33-34H,3-4,10-15,19,30H2,1-2H3,(H2,29,32)/b25-16-,28-18?. The topological polar surface area (TPSA) is 148 Å². The second kappa shape index (κ2) is 15.4. The molecule has 3 rings (SSSR count). The maximum Gasteiger partial charge on any atom is 0.195 e. The van der Waals surface area contributed by atoms with Crippen LogP contribution >= 0.6 is 0 Å². The van der Waals surface area contributed by atoms with Crippen molar-refractivity contribution in [3.8, 4) is 11.3 Å². The molecule has 2 heterocycles. The minimum Gasteiger partial charge on any atom is -0.477 e. The van der Waals surface area contributed by atoms with Gasteiger partial charge < -0.3 is 35.8 Å². The van der Waals surface area contributed by atoms with E-state index in [1.54, 1.807) is 12.2 Å². The Labute approximate surface area is 230 Å². The van der Waals surface area contributed by atoms with Crippen molar-refractivity contribution in [1.29, 1.82) is 0 Å². The summed E-state index contributed by atoms with van der Waals surface area (Å²) in [4.78, 5) is 6.63. The predicted molar refractivity (Wildman–Crippen MR) is 153 cm³/mol. The number of aliphatic imine (C=N–C) groups is 1. The van der Waals surface area contributed by atoms with Crippen molar-refractivity contribution in [3.63, 3.8) is 0 Å². The molecule has 0 bridgehead atoms. The van der Waals surface area contributed by atoms with Crippen molar-refractivity contribution < 1.29 is 14.0 Å². The third kappa shape index (κ3) is 10.3. The Bertz CT molecular complexity index is 1160. The molecule has 210 valence electrons. The normalized spacial score (nSPS) is 15.2. The smallest absolute Gasteiger partial charge is 0.195 e. The van der Waals surface area contributed by atoms with E-state index in [4.69, 9.17) is 25.6 Å². The van der Waals surface area contributed by atoms with Crippen LogP contribution in [0.15, 0.2) is 94.3 Å². The SMILES string of the molecule is C=C(/C=C(\NN)C(C)C)N=C(N)C=C(NC(=C)NCc1cc(-c2ccccc2)no1)OCCN1CCOCC1. The van der Waals surface area contributed by atoms with Crippen LogP contribution in [0.5, 0.6) is 0 Å². The summed E-state index contributed by atoms with van der Waals surface area (Å²) >= 11 is 0. The van der Waals surface area contributed by atoms with E-state index in [0.29, 0.717) is 36.3 Å². The number of nitrogens with zero attached hydrogens (tertiary/aromatic N) is 3. The molecule has 1 aromatic carbocycles. The molecule has 11 nitrogen and oxygen atoms in total. The van der Waals surface area contributed by atoms with Gasteiger partial charge in [0.1, 0.15) is 18.1 Å². The molecule has 1 fully saturated rings. The van der Waals surface area contributed by atoms with Crippen LogP contribution in [0.1, 0.15) is 19.6 Å². The van der Waals surface area contributed by atoms with E-state index >= 15 is 0 Å². The molecule has 0 spiro atoms. The van der Waals surface area contributed by atoms with Crippen LogP contribution in [0.3, 0.4) is 0 Å². The van der Waals surface area contributed by atoms with E-state index < -0.39 is 0 Å². The summed E-state index contributed by atoms with van der Waals surface area (Å²) < 4.78 is 16.9. The van der Waals surface area contributed by atoms with Crippen LogP contribution in [0.25, 0.3) is 11.3 Å². The fourth-order valence-electron chi connectivity index (χ4n) is 3.67. The van der Waals surface area contributed by atoms with Crippen LogP contribution in [-0.4, -0.2) is 55.3 Å². The molecule has 11 heteroatoms. The number of hydrogen-bond donors (Lipinski definition) is 5. The Kier molecular flexibility index (Phi) is 11.6. The maximum absolute atomic E-state index is 6.19. The van der Waals surface area contributed by atoms with Gasteiger partial charge in [0.25, 0.3) is 0 Å². The molecule has 0 atom stereocenters. The highest BCUT2D eigenvalue weighted by atomic mass is 16.5. The van der Waals surface area contributed by atoms with Gasteiger partial charge in [-0.2, -0.15) is 0 Å². The number of nitrogens with two attached hydrogens (primary N) is 2. The van der Waals surface area contributed by atoms with Crippen LogP contribution in [0.2, 0.25) is 0 Å². The zero-order valence-electron chi connectivity index (χ0n) is 22.8. The van der Waals surface area contributed by atoms with Gasteiger partial charge in [0.2, 0.25) is 0 Å². The van der Waals surface area contributed by atoms with E-state index in [9.17, 15) is 0 Å². The van der Waals surface area contributed by atoms with Crippen LogP contribution in [-0.2, 0) is 16.0 Å². The Morgan fingerprint density at radius 1 is 1.21 bits per heavy atom. The number of morpholine rings is 1. The second-order valence-corrected chi connectivity index (χ2v) is 9.24. The molecule has 7 N–H and O–H groups in total. The average molecular weight is 537 g/mol. The van der Waals surface area contributed by atoms with Crippen LogP contribution in [0, 0.1) is 5.92 Å². The van der Waals surface area contributed by atoms with E-state index in [0.717, 1.165) is 49.8 Å². The minimum atomic E-state index is 0.182. The minimum absolute atomic E-state index is 0.182. The highest BCUT2D eigenvalue weighted by Gasteiger charge is 2.12. The lowest BCUT2D eigenvalue weighted by atomic mass is 10.1. The lowest BCUT2D eigenvalue weighted by molar-refractivity contribution is 0.0267. The molecule has 0 saturated carbocycles. The summed E-state index contributed by atoms with van der Waals surface area (Å²) in [6, 6.07) is 11.7. The van der Waals surface area contributed by atoms with Gasteiger partial charge in [-0.1, -0.05) is 62.5 Å². The number of hydrazine groups is 1. The van der Waals surface area contributed by atoms with Crippen LogP contribution in [0.4, 0.5) is 0 Å². The molecule has 2 aromatic rings. The maximum atomic E-state index is 6.19. The van der Waals surface area contributed by atoms with Gasteiger partial charge in [0, 0.05) is 43.0 Å². The number of nitrogens with one attached hydrogen (secondary N) is 3. The van der Waals surface area contributed by atoms with Gasteiger partial charge in [-0.05, 0) is 12.0 Å². The van der Waals surface area contributed by atoms with Gasteiger partial charge >= 0.3 is 0 Å². The molecule has 1 aliphatic rings. The first-order chi connectivity index (χ1) is 18.8. The summed E-state index contributed by atoms with van der Waals surface area (Å²) in [5.41, 5.74) is 11.9. The van der Waals surface area contributed by atoms with E-state index in [1.807, 2.05) is 50.2 Å². The lowest BCUT2D eigenvalue weighted by Crippen LogP contribution is -2.38. The predicted octanol–water partition coefficient (Wildman–Crippen LogP) is 2.56. The van der Waals surface area contributed by atoms with Crippen molar-refractivity contribution in [3.05, 3.63) is 90.6 Å². The molecular formula is C28H40N8O3. The summed E-state index contributed by atoms with van der Waals surface area (Å²) in [6.07, 6.45) is 3.34. The molecular weight excluding hydrogens is 496 g/mol. The fraction of sp³-hybridized carbons (Fsp3) is 0.357. The van der Waals surface area contributed by atoms with Crippen molar-refractivity contribution in [2.24, 2.45) is 22.5 Å². The first-order valence-electron chi connectivity index (χ1n) is 12.9. The summed E-state index contributed by atoms with van der Waals surface area (Å²) in [6.45, 7) is 16.8. The summed E-state index contributed by atoms with van der Waals surface area (Å²) in [7, 11) is 0. The number of allylic oxidation sites excluding steroid dienone is 2. The van der Waals surface area contributed by atoms with Gasteiger partial charge in [-0.3, -0.25) is 10.7 Å². The molecule has 1 aliphatic heterocycles. The monoisotopic (exact) mass is 536 g/mol. The number of aromatic nitrogens is 1. The van der Waals surface area contributed by atoms with Gasteiger partial charge in [-0.25, -0.2) is 4.99 Å². The Balaban J connectivity index is 1.62. The Morgan fingerprint density at radius 3 is 2.64 bits per heavy atom. The van der Waals surface area contributed by atoms with Crippen molar-refractivity contribution >= 4 is 5.84 Å². The number of hydrogen-bond acceptors (Lipinski definition) is 10. The lowest BCUT2D eigenvalue weighted by Gasteiger charge is -2.26. The van der Waals surface area contributed by atoms with E-state index in [2.05, 4.69) is 44.3 Å². The number of amidine groups is 1. The Hall–Kier alpha value is -4.06. The van der Waals surface area contributed by atoms with E-state index in [-0.39, 0.29) is 11.8 Å². The van der Waals surface area contributed by atoms with Gasteiger partial charge in [0.15, 0.2) is 11.6 Å². The zero-order valence-corrected chi connectivity index (χ0v) is 22.8. The van der Waals surface area contributed by atoms with Crippen LogP contribution < -0.4 is 27.6 Å². The Morgan fingerprint density at radius 2 is 1.95 bits per heavy atom. The molecule has 0 aliphatic carbocycles. The summed E-state index contributed by atoms with van der Waals surface area (Å²) in [5.74, 6) is 7.52.